The molecule has 0 bridgehead atoms. The Morgan fingerprint density at radius 1 is 0.660 bits per heavy atom. The fourth-order valence-electron chi connectivity index (χ4n) is 7.40. The highest BCUT2D eigenvalue weighted by Crippen LogP contribution is 2.42. The maximum Gasteiger partial charge on any atom is 0.312 e. The van der Waals surface area contributed by atoms with Gasteiger partial charge in [-0.2, -0.15) is 0 Å². The van der Waals surface area contributed by atoms with Crippen LogP contribution in [0.3, 0.4) is 0 Å². The lowest BCUT2D eigenvalue weighted by Gasteiger charge is -2.47. The van der Waals surface area contributed by atoms with Crippen molar-refractivity contribution in [2.75, 3.05) is 13.2 Å². The maximum atomic E-state index is 13.5. The Morgan fingerprint density at radius 2 is 0.957 bits per heavy atom. The van der Waals surface area contributed by atoms with Crippen molar-refractivity contribution in [1.82, 2.24) is 0 Å². The summed E-state index contributed by atoms with van der Waals surface area (Å²) in [5, 5.41) is 14.8. The van der Waals surface area contributed by atoms with Crippen molar-refractivity contribution in [1.29, 1.82) is 0 Å². The van der Waals surface area contributed by atoms with Crippen molar-refractivity contribution >= 4 is 43.4 Å². The fourth-order valence-corrected chi connectivity index (χ4v) is 16.7. The van der Waals surface area contributed by atoms with E-state index < -0.39 is 40.2 Å². The van der Waals surface area contributed by atoms with Crippen molar-refractivity contribution < 1.29 is 23.5 Å². The van der Waals surface area contributed by atoms with Gasteiger partial charge < -0.3 is 18.7 Å². The molecule has 5 rings (SSSR count). The Labute approximate surface area is 283 Å². The van der Waals surface area contributed by atoms with Gasteiger partial charge in [0.2, 0.25) is 0 Å². The molecule has 1 aliphatic heterocycles. The van der Waals surface area contributed by atoms with Gasteiger partial charge in [-0.15, -0.1) is 0 Å². The molecule has 1 aliphatic rings. The van der Waals surface area contributed by atoms with Gasteiger partial charge in [0.25, 0.3) is 16.6 Å². The predicted molar refractivity (Wildman–Crippen MR) is 196 cm³/mol. The highest BCUT2D eigenvalue weighted by Gasteiger charge is 2.57. The number of hydrogen-bond donors (Lipinski definition) is 1. The first-order valence-corrected chi connectivity index (χ1v) is 20.5. The molecule has 4 aromatic carbocycles. The van der Waals surface area contributed by atoms with Crippen LogP contribution < -0.4 is 20.7 Å². The molecule has 47 heavy (non-hydrogen) atoms. The van der Waals surface area contributed by atoms with E-state index in [4.69, 9.17) is 13.6 Å². The van der Waals surface area contributed by atoms with Crippen LogP contribution in [0.15, 0.2) is 121 Å². The summed E-state index contributed by atoms with van der Waals surface area (Å²) in [7, 11) is -5.95. The number of aliphatic hydroxyl groups excluding tert-OH is 1. The van der Waals surface area contributed by atoms with E-state index in [1.54, 1.807) is 6.92 Å². The molecule has 7 heteroatoms. The zero-order chi connectivity index (χ0) is 33.9. The molecular weight excluding hydrogens is 617 g/mol. The molecule has 0 amide bonds. The third-order valence-corrected chi connectivity index (χ3v) is 19.7. The van der Waals surface area contributed by atoms with Gasteiger partial charge in [0.05, 0.1) is 25.2 Å². The van der Waals surface area contributed by atoms with Crippen LogP contribution in [0.1, 0.15) is 54.9 Å². The largest absolute Gasteiger partial charge is 0.454 e. The summed E-state index contributed by atoms with van der Waals surface area (Å²) in [6, 6.07) is 41.9. The third-order valence-electron chi connectivity index (χ3n) is 9.73. The number of esters is 1. The van der Waals surface area contributed by atoms with Gasteiger partial charge in [-0.25, -0.2) is 0 Å². The minimum absolute atomic E-state index is 0.146. The average molecular weight is 667 g/mol. The predicted octanol–water partition coefficient (Wildman–Crippen LogP) is 5.82. The molecule has 1 saturated heterocycles. The van der Waals surface area contributed by atoms with Crippen molar-refractivity contribution in [2.45, 2.75) is 76.7 Å². The molecule has 1 N–H and O–H groups in total. The van der Waals surface area contributed by atoms with Crippen LogP contribution in [0.5, 0.6) is 0 Å². The molecule has 0 aromatic heterocycles. The normalized spacial score (nSPS) is 17.7. The van der Waals surface area contributed by atoms with Crippen LogP contribution in [-0.4, -0.2) is 52.6 Å². The summed E-state index contributed by atoms with van der Waals surface area (Å²) in [5.74, 6) is -1.07. The van der Waals surface area contributed by atoms with E-state index in [2.05, 4.69) is 139 Å². The number of carbonyl (C=O) groups is 1. The van der Waals surface area contributed by atoms with Gasteiger partial charge in [-0.1, -0.05) is 163 Å². The number of cyclic esters (lactones) is 1. The van der Waals surface area contributed by atoms with E-state index in [1.165, 1.54) is 0 Å². The molecule has 0 spiro atoms. The number of rotatable bonds is 11. The zero-order valence-electron chi connectivity index (χ0n) is 28.9. The van der Waals surface area contributed by atoms with Crippen LogP contribution >= 0.6 is 0 Å². The summed E-state index contributed by atoms with van der Waals surface area (Å²) in [6.45, 7) is 15.4. The van der Waals surface area contributed by atoms with Gasteiger partial charge in [0.15, 0.2) is 5.60 Å². The van der Waals surface area contributed by atoms with Crippen molar-refractivity contribution in [3.8, 4) is 0 Å². The number of aliphatic hydroxyl groups is 1. The third kappa shape index (κ3) is 6.69. The van der Waals surface area contributed by atoms with Gasteiger partial charge >= 0.3 is 5.97 Å². The Bertz CT molecular complexity index is 1410. The highest BCUT2D eigenvalue weighted by atomic mass is 28.4. The van der Waals surface area contributed by atoms with Gasteiger partial charge in [-0.3, -0.25) is 4.79 Å². The highest BCUT2D eigenvalue weighted by molar-refractivity contribution is 7.00. The summed E-state index contributed by atoms with van der Waals surface area (Å²) >= 11 is 0. The van der Waals surface area contributed by atoms with Crippen LogP contribution in [-0.2, 0) is 18.4 Å². The monoisotopic (exact) mass is 666 g/mol. The molecule has 248 valence electrons. The van der Waals surface area contributed by atoms with Gasteiger partial charge in [0, 0.05) is 6.42 Å². The van der Waals surface area contributed by atoms with E-state index in [0.717, 1.165) is 20.7 Å². The second-order valence-electron chi connectivity index (χ2n) is 15.1. The first-order valence-electron chi connectivity index (χ1n) is 16.7. The molecule has 2 unspecified atom stereocenters. The van der Waals surface area contributed by atoms with E-state index in [-0.39, 0.29) is 23.3 Å². The molecule has 4 aromatic rings. The molecule has 1 fully saturated rings. The van der Waals surface area contributed by atoms with E-state index in [9.17, 15) is 9.90 Å². The molecule has 0 aliphatic carbocycles. The Balaban J connectivity index is 1.63. The smallest absolute Gasteiger partial charge is 0.312 e. The van der Waals surface area contributed by atoms with Crippen molar-refractivity contribution in [2.24, 2.45) is 5.92 Å². The molecular formula is C40H50O5Si2. The Hall–Kier alpha value is -3.34. The van der Waals surface area contributed by atoms with Crippen LogP contribution in [0.25, 0.3) is 0 Å². The lowest BCUT2D eigenvalue weighted by Crippen LogP contribution is -2.69. The number of ether oxygens (including phenoxy) is 1. The van der Waals surface area contributed by atoms with E-state index in [0.29, 0.717) is 6.42 Å². The number of hydrogen-bond acceptors (Lipinski definition) is 5. The van der Waals surface area contributed by atoms with Crippen LogP contribution in [0, 0.1) is 5.92 Å². The van der Waals surface area contributed by atoms with Gasteiger partial charge in [-0.05, 0) is 37.7 Å². The second kappa shape index (κ2) is 13.6. The minimum atomic E-state index is -2.97. The molecule has 2 atom stereocenters. The summed E-state index contributed by atoms with van der Waals surface area (Å²) in [5.41, 5.74) is -1.10. The number of benzene rings is 4. The van der Waals surface area contributed by atoms with Crippen molar-refractivity contribution in [3.63, 3.8) is 0 Å². The zero-order valence-corrected chi connectivity index (χ0v) is 30.9. The van der Waals surface area contributed by atoms with Crippen LogP contribution in [0.2, 0.25) is 10.1 Å². The van der Waals surface area contributed by atoms with Crippen molar-refractivity contribution in [3.05, 3.63) is 121 Å². The SMILES string of the molecule is CC(O)C1CC(CO[Si](c2ccccc2)(c2ccccc2)C(C)(C)C)(CO[Si](c2ccccc2)(c2ccccc2)C(C)(C)C)OC1=O. The lowest BCUT2D eigenvalue weighted by atomic mass is 9.92. The standard InChI is InChI=1S/C40H50O5Si2/c1-31(41)36-28-40(45-37(36)42,29-43-46(38(2,3)4,32-20-12-8-13-21-32)33-22-14-9-15-23-33)30-44-47(39(5,6)7,34-24-16-10-17-25-34)35-26-18-11-19-27-35/h8-27,31,36,41H,28-30H2,1-7H3. The molecule has 0 saturated carbocycles. The fraction of sp³-hybridized carbons (Fsp3) is 0.375. The summed E-state index contributed by atoms with van der Waals surface area (Å²) in [6.07, 6.45) is -0.551. The van der Waals surface area contributed by atoms with E-state index in [1.807, 2.05) is 24.3 Å². The Kier molecular flexibility index (Phi) is 10.2. The van der Waals surface area contributed by atoms with E-state index >= 15 is 0 Å². The first kappa shape index (κ1) is 35.0. The topological polar surface area (TPSA) is 65.0 Å². The average Bonchev–Trinajstić information content (AvgIpc) is 3.39. The summed E-state index contributed by atoms with van der Waals surface area (Å²) in [4.78, 5) is 13.5. The molecule has 0 radical (unpaired) electrons. The van der Waals surface area contributed by atoms with Crippen LogP contribution in [0.4, 0.5) is 0 Å². The summed E-state index contributed by atoms with van der Waals surface area (Å²) < 4.78 is 21.2. The molecule has 1 heterocycles. The van der Waals surface area contributed by atoms with Gasteiger partial charge in [0.1, 0.15) is 0 Å². The lowest BCUT2D eigenvalue weighted by molar-refractivity contribution is -0.157. The quantitative estimate of drug-likeness (QED) is 0.162. The Morgan fingerprint density at radius 3 is 1.19 bits per heavy atom. The number of carbonyl (C=O) groups excluding carboxylic acids is 1. The second-order valence-corrected chi connectivity index (χ2v) is 23.7. The first-order chi connectivity index (χ1) is 22.3. The minimum Gasteiger partial charge on any atom is -0.454 e. The molecule has 5 nitrogen and oxygen atoms in total. The maximum absolute atomic E-state index is 13.5.